The molecule has 0 aliphatic carbocycles. The lowest BCUT2D eigenvalue weighted by Gasteiger charge is -2.42. The predicted octanol–water partition coefficient (Wildman–Crippen LogP) is 1.33. The highest BCUT2D eigenvalue weighted by Gasteiger charge is 2.40. The number of likely N-dealkylation sites (tertiary alicyclic amines) is 1. The van der Waals surface area contributed by atoms with Crippen LogP contribution in [0.5, 0.6) is 0 Å². The zero-order valence-corrected chi connectivity index (χ0v) is 14.5. The molecule has 25 heavy (non-hydrogen) atoms. The number of hydrogen-bond donors (Lipinski definition) is 2. The molecule has 0 bridgehead atoms. The summed E-state index contributed by atoms with van der Waals surface area (Å²) >= 11 is 0. The van der Waals surface area contributed by atoms with Gasteiger partial charge in [-0.25, -0.2) is 4.79 Å². The summed E-state index contributed by atoms with van der Waals surface area (Å²) in [5.74, 6) is 0. The highest BCUT2D eigenvalue weighted by molar-refractivity contribution is 5.70. The number of benzene rings is 1. The third-order valence-electron chi connectivity index (χ3n) is 5.32. The van der Waals surface area contributed by atoms with Gasteiger partial charge in [0.25, 0.3) is 0 Å². The Balaban J connectivity index is 1.77. The monoisotopic (exact) mass is 346 g/mol. The number of carbonyl (C=O) groups is 1. The van der Waals surface area contributed by atoms with E-state index in [9.17, 15) is 15.0 Å². The minimum absolute atomic E-state index is 0.167. The minimum Gasteiger partial charge on any atom is -0.442 e. The standard InChI is InChI=1S/C19H26N2O4/c1-3-15-14-7-5-4-6-13(14)8-11-21(15)19(24)25-18-16(12-22)20(2)10-9-17(18)23/h3-7,15-18,22-23H,1,8-12H2,2H3/t15-,16-,17-,18-/m0/s1. The van der Waals surface area contributed by atoms with E-state index in [0.717, 1.165) is 12.0 Å². The van der Waals surface area contributed by atoms with Gasteiger partial charge in [-0.1, -0.05) is 30.3 Å². The molecule has 6 heteroatoms. The summed E-state index contributed by atoms with van der Waals surface area (Å²) in [5.41, 5.74) is 2.27. The fourth-order valence-corrected chi connectivity index (χ4v) is 3.82. The Bertz CT molecular complexity index is 636. The SMILES string of the molecule is C=C[C@H]1c2ccccc2CCN1C(=O)O[C@@H]1[C@@H](O)CCN(C)[C@H]1CO. The molecule has 1 saturated heterocycles. The van der Waals surface area contributed by atoms with Crippen molar-refractivity contribution >= 4 is 6.09 Å². The topological polar surface area (TPSA) is 73.2 Å². The Hall–Kier alpha value is -1.89. The summed E-state index contributed by atoms with van der Waals surface area (Å²) < 4.78 is 5.65. The fourth-order valence-electron chi connectivity index (χ4n) is 3.82. The van der Waals surface area contributed by atoms with Crippen LogP contribution in [0.2, 0.25) is 0 Å². The van der Waals surface area contributed by atoms with Crippen LogP contribution in [-0.2, 0) is 11.2 Å². The third kappa shape index (κ3) is 3.42. The lowest BCUT2D eigenvalue weighted by molar-refractivity contribution is -0.0943. The maximum absolute atomic E-state index is 12.8. The first-order chi connectivity index (χ1) is 12.1. The van der Waals surface area contributed by atoms with Gasteiger partial charge in [0, 0.05) is 13.1 Å². The van der Waals surface area contributed by atoms with Crippen LogP contribution in [0.25, 0.3) is 0 Å². The van der Waals surface area contributed by atoms with Crippen molar-refractivity contribution in [1.82, 2.24) is 9.80 Å². The van der Waals surface area contributed by atoms with Gasteiger partial charge in [0.05, 0.1) is 24.8 Å². The molecule has 0 radical (unpaired) electrons. The lowest BCUT2D eigenvalue weighted by Crippen LogP contribution is -2.57. The van der Waals surface area contributed by atoms with Gasteiger partial charge in [-0.2, -0.15) is 0 Å². The van der Waals surface area contributed by atoms with Crippen LogP contribution in [0.3, 0.4) is 0 Å². The average molecular weight is 346 g/mol. The second kappa shape index (κ2) is 7.56. The molecule has 1 amide bonds. The molecule has 0 spiro atoms. The number of aliphatic hydroxyl groups is 2. The number of nitrogens with zero attached hydrogens (tertiary/aromatic N) is 2. The Kier molecular flexibility index (Phi) is 5.42. The van der Waals surface area contributed by atoms with E-state index in [1.807, 2.05) is 30.1 Å². The molecule has 1 fully saturated rings. The van der Waals surface area contributed by atoms with Gasteiger partial charge in [-0.3, -0.25) is 9.80 Å². The predicted molar refractivity (Wildman–Crippen MR) is 94.2 cm³/mol. The molecular weight excluding hydrogens is 320 g/mol. The van der Waals surface area contributed by atoms with Gasteiger partial charge < -0.3 is 14.9 Å². The van der Waals surface area contributed by atoms with Gasteiger partial charge in [0.15, 0.2) is 0 Å². The Morgan fingerprint density at radius 2 is 2.16 bits per heavy atom. The first-order valence-electron chi connectivity index (χ1n) is 8.73. The second-order valence-electron chi connectivity index (χ2n) is 6.76. The van der Waals surface area contributed by atoms with Crippen molar-refractivity contribution in [2.45, 2.75) is 37.1 Å². The maximum atomic E-state index is 12.8. The highest BCUT2D eigenvalue weighted by atomic mass is 16.6. The van der Waals surface area contributed by atoms with Gasteiger partial charge >= 0.3 is 6.09 Å². The molecule has 2 N–H and O–H groups in total. The molecule has 0 aromatic heterocycles. The van der Waals surface area contributed by atoms with Crippen LogP contribution in [0, 0.1) is 0 Å². The van der Waals surface area contributed by atoms with E-state index >= 15 is 0 Å². The van der Waals surface area contributed by atoms with Crippen LogP contribution >= 0.6 is 0 Å². The molecule has 2 aliphatic heterocycles. The first kappa shape index (κ1) is 17.9. The van der Waals surface area contributed by atoms with Crippen LogP contribution in [0.1, 0.15) is 23.6 Å². The molecule has 136 valence electrons. The molecule has 3 rings (SSSR count). The van der Waals surface area contributed by atoms with E-state index in [2.05, 4.69) is 12.6 Å². The molecule has 0 saturated carbocycles. The van der Waals surface area contributed by atoms with E-state index < -0.39 is 24.3 Å². The van der Waals surface area contributed by atoms with Crippen LogP contribution in [0.15, 0.2) is 36.9 Å². The van der Waals surface area contributed by atoms with Gasteiger partial charge in [0.2, 0.25) is 0 Å². The van der Waals surface area contributed by atoms with Crippen LogP contribution < -0.4 is 0 Å². The number of piperidine rings is 1. The van der Waals surface area contributed by atoms with Crippen molar-refractivity contribution in [1.29, 1.82) is 0 Å². The van der Waals surface area contributed by atoms with Crippen LogP contribution in [-0.4, -0.2) is 71.1 Å². The molecule has 0 unspecified atom stereocenters. The number of amides is 1. The number of likely N-dealkylation sites (N-methyl/N-ethyl adjacent to an activating group) is 1. The normalized spacial score (nSPS) is 29.8. The molecular formula is C19H26N2O4. The quantitative estimate of drug-likeness (QED) is 0.808. The lowest BCUT2D eigenvalue weighted by atomic mass is 9.93. The Morgan fingerprint density at radius 1 is 1.40 bits per heavy atom. The summed E-state index contributed by atoms with van der Waals surface area (Å²) in [6, 6.07) is 7.37. The molecule has 1 aromatic carbocycles. The number of ether oxygens (including phenoxy) is 1. The second-order valence-corrected chi connectivity index (χ2v) is 6.76. The number of hydrogen-bond acceptors (Lipinski definition) is 5. The minimum atomic E-state index is -0.767. The molecule has 2 aliphatic rings. The fraction of sp³-hybridized carbons (Fsp3) is 0.526. The third-order valence-corrected chi connectivity index (χ3v) is 5.32. The molecule has 4 atom stereocenters. The summed E-state index contributed by atoms with van der Waals surface area (Å²) in [7, 11) is 1.86. The van der Waals surface area contributed by atoms with Crippen molar-refractivity contribution in [2.24, 2.45) is 0 Å². The van der Waals surface area contributed by atoms with E-state index in [4.69, 9.17) is 4.74 Å². The van der Waals surface area contributed by atoms with E-state index in [1.54, 1.807) is 11.0 Å². The zero-order valence-electron chi connectivity index (χ0n) is 14.5. The van der Waals surface area contributed by atoms with Crippen molar-refractivity contribution in [3.05, 3.63) is 48.0 Å². The summed E-state index contributed by atoms with van der Waals surface area (Å²) in [6.45, 7) is 4.90. The van der Waals surface area contributed by atoms with E-state index in [-0.39, 0.29) is 12.6 Å². The molecule has 1 aromatic rings. The maximum Gasteiger partial charge on any atom is 0.410 e. The number of carbonyl (C=O) groups excluding carboxylic acids is 1. The summed E-state index contributed by atoms with van der Waals surface area (Å²) in [6.07, 6.45) is 1.03. The van der Waals surface area contributed by atoms with Crippen molar-refractivity contribution in [3.63, 3.8) is 0 Å². The molecule has 2 heterocycles. The average Bonchev–Trinajstić information content (AvgIpc) is 2.63. The molecule has 6 nitrogen and oxygen atoms in total. The van der Waals surface area contributed by atoms with Gasteiger partial charge in [0.1, 0.15) is 6.10 Å². The largest absolute Gasteiger partial charge is 0.442 e. The van der Waals surface area contributed by atoms with Crippen molar-refractivity contribution < 1.29 is 19.7 Å². The number of aliphatic hydroxyl groups excluding tert-OH is 2. The smallest absolute Gasteiger partial charge is 0.410 e. The Labute approximate surface area is 148 Å². The van der Waals surface area contributed by atoms with Crippen LogP contribution in [0.4, 0.5) is 4.79 Å². The zero-order chi connectivity index (χ0) is 18.0. The van der Waals surface area contributed by atoms with Gasteiger partial charge in [-0.05, 0) is 31.0 Å². The Morgan fingerprint density at radius 3 is 2.88 bits per heavy atom. The first-order valence-corrected chi connectivity index (χ1v) is 8.73. The van der Waals surface area contributed by atoms with Crippen molar-refractivity contribution in [3.8, 4) is 0 Å². The summed E-state index contributed by atoms with van der Waals surface area (Å²) in [4.78, 5) is 16.4. The van der Waals surface area contributed by atoms with E-state index in [1.165, 1.54) is 5.56 Å². The summed E-state index contributed by atoms with van der Waals surface area (Å²) in [5, 5.41) is 19.9. The van der Waals surface area contributed by atoms with E-state index in [0.29, 0.717) is 19.5 Å². The highest BCUT2D eigenvalue weighted by Crippen LogP contribution is 2.31. The van der Waals surface area contributed by atoms with Gasteiger partial charge in [-0.15, -0.1) is 6.58 Å². The number of rotatable bonds is 3. The number of fused-ring (bicyclic) bond motifs is 1. The van der Waals surface area contributed by atoms with Crippen molar-refractivity contribution in [2.75, 3.05) is 26.7 Å².